The molecule has 100 valence electrons. The largest absolute Gasteiger partial charge is 0.306 e. The molecule has 1 aromatic heterocycles. The third kappa shape index (κ3) is 5.88. The smallest absolute Gasteiger partial charge is 0.102 e. The lowest BCUT2D eigenvalue weighted by Gasteiger charge is -2.20. The highest BCUT2D eigenvalue weighted by Crippen LogP contribution is 2.10. The summed E-state index contributed by atoms with van der Waals surface area (Å²) in [6.07, 6.45) is 1.83. The van der Waals surface area contributed by atoms with Crippen LogP contribution in [0.5, 0.6) is 0 Å². The van der Waals surface area contributed by atoms with Gasteiger partial charge in [0.2, 0.25) is 0 Å². The molecule has 0 radical (unpaired) electrons. The van der Waals surface area contributed by atoms with Crippen molar-refractivity contribution in [1.82, 2.24) is 15.1 Å². The van der Waals surface area contributed by atoms with Crippen molar-refractivity contribution in [1.29, 1.82) is 0 Å². The van der Waals surface area contributed by atoms with E-state index in [0.29, 0.717) is 6.54 Å². The summed E-state index contributed by atoms with van der Waals surface area (Å²) in [6.45, 7) is 14.3. The summed E-state index contributed by atoms with van der Waals surface area (Å²) in [5.41, 5.74) is 1.34. The van der Waals surface area contributed by atoms with Crippen molar-refractivity contribution in [3.8, 4) is 11.8 Å². The first-order valence-corrected chi connectivity index (χ1v) is 6.43. The van der Waals surface area contributed by atoms with E-state index in [4.69, 9.17) is 0 Å². The highest BCUT2D eigenvalue weighted by Gasteiger charge is 2.10. The molecule has 0 aromatic carbocycles. The van der Waals surface area contributed by atoms with Gasteiger partial charge in [-0.15, -0.1) is 0 Å². The molecule has 0 unspecified atom stereocenters. The Hall–Kier alpha value is -1.27. The van der Waals surface area contributed by atoms with E-state index >= 15 is 0 Å². The zero-order chi connectivity index (χ0) is 13.8. The monoisotopic (exact) mass is 247 g/mol. The lowest BCUT2D eigenvalue weighted by atomic mass is 9.98. The molecule has 1 heterocycles. The molecule has 1 rings (SSSR count). The Morgan fingerprint density at radius 2 is 1.89 bits per heavy atom. The van der Waals surface area contributed by atoms with Crippen molar-refractivity contribution in [3.63, 3.8) is 0 Å². The quantitative estimate of drug-likeness (QED) is 0.832. The Morgan fingerprint density at radius 3 is 2.44 bits per heavy atom. The van der Waals surface area contributed by atoms with Crippen LogP contribution >= 0.6 is 0 Å². The Bertz CT molecular complexity index is 433. The van der Waals surface area contributed by atoms with Gasteiger partial charge >= 0.3 is 0 Å². The van der Waals surface area contributed by atoms with E-state index in [9.17, 15) is 0 Å². The zero-order valence-electron chi connectivity index (χ0n) is 12.5. The van der Waals surface area contributed by atoms with Gasteiger partial charge in [-0.1, -0.05) is 11.8 Å². The fraction of sp³-hybridized carbons (Fsp3) is 0.667. The third-order valence-electron chi connectivity index (χ3n) is 2.30. The van der Waals surface area contributed by atoms with Gasteiger partial charge in [0.15, 0.2) is 0 Å². The van der Waals surface area contributed by atoms with Gasteiger partial charge in [0.25, 0.3) is 0 Å². The molecule has 3 heteroatoms. The lowest BCUT2D eigenvalue weighted by Crippen LogP contribution is -2.35. The van der Waals surface area contributed by atoms with E-state index in [2.05, 4.69) is 63.8 Å². The molecule has 0 bridgehead atoms. The summed E-state index contributed by atoms with van der Waals surface area (Å²) >= 11 is 0. The van der Waals surface area contributed by atoms with Crippen LogP contribution in [0, 0.1) is 17.3 Å². The summed E-state index contributed by atoms with van der Waals surface area (Å²) in [7, 11) is 0. The predicted octanol–water partition coefficient (Wildman–Crippen LogP) is 2.82. The standard InChI is InChI=1S/C15H25N3/c1-14(2,3)9-7-11-18-13(8-10-17-18)12-16-15(4,5)6/h8,10,16H,11-12H2,1-6H3. The van der Waals surface area contributed by atoms with Gasteiger partial charge in [-0.25, -0.2) is 0 Å². The minimum Gasteiger partial charge on any atom is -0.306 e. The number of hydrogen-bond acceptors (Lipinski definition) is 2. The Morgan fingerprint density at radius 1 is 1.22 bits per heavy atom. The van der Waals surface area contributed by atoms with Crippen LogP contribution in [-0.4, -0.2) is 15.3 Å². The van der Waals surface area contributed by atoms with E-state index in [1.807, 2.05) is 16.9 Å². The van der Waals surface area contributed by atoms with E-state index < -0.39 is 0 Å². The zero-order valence-corrected chi connectivity index (χ0v) is 12.5. The first kappa shape index (κ1) is 14.8. The first-order chi connectivity index (χ1) is 8.17. The molecule has 1 N–H and O–H groups in total. The molecule has 0 spiro atoms. The first-order valence-electron chi connectivity index (χ1n) is 6.43. The fourth-order valence-corrected chi connectivity index (χ4v) is 1.39. The third-order valence-corrected chi connectivity index (χ3v) is 2.30. The van der Waals surface area contributed by atoms with Crippen LogP contribution in [0.3, 0.4) is 0 Å². The maximum Gasteiger partial charge on any atom is 0.102 e. The molecule has 1 aromatic rings. The van der Waals surface area contributed by atoms with Gasteiger partial charge < -0.3 is 5.32 Å². The average Bonchev–Trinajstić information content (AvgIpc) is 2.59. The molecule has 0 aliphatic carbocycles. The minimum absolute atomic E-state index is 0.0526. The highest BCUT2D eigenvalue weighted by atomic mass is 15.3. The molecule has 0 fully saturated rings. The Balaban J connectivity index is 2.62. The number of nitrogens with zero attached hydrogens (tertiary/aromatic N) is 2. The van der Waals surface area contributed by atoms with Crippen LogP contribution in [0.15, 0.2) is 12.3 Å². The number of aromatic nitrogens is 2. The van der Waals surface area contributed by atoms with Crippen LogP contribution in [0.1, 0.15) is 47.2 Å². The van der Waals surface area contributed by atoms with Crippen molar-refractivity contribution < 1.29 is 0 Å². The second-order valence-corrected chi connectivity index (χ2v) is 6.64. The molecule has 0 amide bonds. The predicted molar refractivity (Wildman–Crippen MR) is 76.1 cm³/mol. The molecular weight excluding hydrogens is 222 g/mol. The van der Waals surface area contributed by atoms with Crippen LogP contribution < -0.4 is 5.32 Å². The SMILES string of the molecule is CC(C)(C)C#CCn1nccc1CNC(C)(C)C. The van der Waals surface area contributed by atoms with E-state index in [0.717, 1.165) is 6.54 Å². The Labute approximate surface area is 111 Å². The minimum atomic E-state index is 0.0526. The Kier molecular flexibility index (Phi) is 4.59. The summed E-state index contributed by atoms with van der Waals surface area (Å²) in [4.78, 5) is 0. The summed E-state index contributed by atoms with van der Waals surface area (Å²) in [6, 6.07) is 2.04. The van der Waals surface area contributed by atoms with Crippen molar-refractivity contribution in [2.75, 3.05) is 0 Å². The summed E-state index contributed by atoms with van der Waals surface area (Å²) in [5, 5.41) is 7.77. The van der Waals surface area contributed by atoms with E-state index in [1.165, 1.54) is 5.69 Å². The van der Waals surface area contributed by atoms with E-state index in [-0.39, 0.29) is 11.0 Å². The van der Waals surface area contributed by atoms with Crippen LogP contribution in [0.4, 0.5) is 0 Å². The molecular formula is C15H25N3. The molecule has 0 aliphatic heterocycles. The average molecular weight is 247 g/mol. The van der Waals surface area contributed by atoms with Crippen LogP contribution in [0.25, 0.3) is 0 Å². The summed E-state index contributed by atoms with van der Waals surface area (Å²) in [5.74, 6) is 6.42. The van der Waals surface area contributed by atoms with Gasteiger partial charge in [-0.3, -0.25) is 4.68 Å². The number of hydrogen-bond donors (Lipinski definition) is 1. The summed E-state index contributed by atoms with van der Waals surface area (Å²) < 4.78 is 1.96. The van der Waals surface area contributed by atoms with Crippen molar-refractivity contribution in [2.24, 2.45) is 5.41 Å². The van der Waals surface area contributed by atoms with Gasteiger partial charge in [-0.2, -0.15) is 5.10 Å². The molecule has 3 nitrogen and oxygen atoms in total. The second kappa shape index (κ2) is 5.58. The van der Waals surface area contributed by atoms with Crippen molar-refractivity contribution in [2.45, 2.75) is 60.2 Å². The van der Waals surface area contributed by atoms with Gasteiger partial charge in [0, 0.05) is 23.7 Å². The molecule has 0 aliphatic rings. The number of nitrogens with one attached hydrogen (secondary N) is 1. The highest BCUT2D eigenvalue weighted by molar-refractivity contribution is 5.09. The van der Waals surface area contributed by atoms with Crippen molar-refractivity contribution in [3.05, 3.63) is 18.0 Å². The molecule has 18 heavy (non-hydrogen) atoms. The topological polar surface area (TPSA) is 29.9 Å². The maximum absolute atomic E-state index is 4.31. The molecule has 0 atom stereocenters. The van der Waals surface area contributed by atoms with Gasteiger partial charge in [0.05, 0.1) is 5.69 Å². The molecule has 0 saturated carbocycles. The van der Waals surface area contributed by atoms with Crippen LogP contribution in [-0.2, 0) is 13.1 Å². The maximum atomic E-state index is 4.31. The number of rotatable bonds is 3. The van der Waals surface area contributed by atoms with Crippen LogP contribution in [0.2, 0.25) is 0 Å². The normalized spacial score (nSPS) is 12.1. The van der Waals surface area contributed by atoms with Gasteiger partial charge in [-0.05, 0) is 47.6 Å². The fourth-order valence-electron chi connectivity index (χ4n) is 1.39. The van der Waals surface area contributed by atoms with Gasteiger partial charge in [0.1, 0.15) is 6.54 Å². The lowest BCUT2D eigenvalue weighted by molar-refractivity contribution is 0.414. The molecule has 0 saturated heterocycles. The second-order valence-electron chi connectivity index (χ2n) is 6.64. The van der Waals surface area contributed by atoms with Crippen molar-refractivity contribution >= 4 is 0 Å². The van der Waals surface area contributed by atoms with E-state index in [1.54, 1.807) is 0 Å².